The maximum atomic E-state index is 15.8. The third-order valence-corrected chi connectivity index (χ3v) is 7.49. The lowest BCUT2D eigenvalue weighted by Crippen LogP contribution is -2.58. The molecule has 3 atom stereocenters. The van der Waals surface area contributed by atoms with E-state index >= 15 is 4.39 Å². The van der Waals surface area contributed by atoms with E-state index in [4.69, 9.17) is 19.9 Å². The van der Waals surface area contributed by atoms with Crippen LogP contribution in [0, 0.1) is 11.7 Å². The minimum Gasteiger partial charge on any atom is -0.477 e. The zero-order valence-electron chi connectivity index (χ0n) is 21.7. The summed E-state index contributed by atoms with van der Waals surface area (Å²) in [6.45, 7) is 1.99. The summed E-state index contributed by atoms with van der Waals surface area (Å²) in [5.74, 6) is -4.21. The summed E-state index contributed by atoms with van der Waals surface area (Å²) in [4.78, 5) is 39.0. The summed E-state index contributed by atoms with van der Waals surface area (Å²) < 4.78 is 61.0. The molecule has 39 heavy (non-hydrogen) atoms. The molecule has 0 radical (unpaired) electrons. The van der Waals surface area contributed by atoms with E-state index in [0.29, 0.717) is 25.9 Å². The second-order valence-corrected chi connectivity index (χ2v) is 11.3. The van der Waals surface area contributed by atoms with Gasteiger partial charge in [-0.3, -0.25) is 9.59 Å². The Bertz CT molecular complexity index is 1400. The molecule has 3 N–H and O–H groups in total. The van der Waals surface area contributed by atoms with Crippen LogP contribution in [0.2, 0.25) is 0 Å². The number of halogens is 3. The normalized spacial score (nSPS) is 23.8. The molecule has 2 saturated heterocycles. The Hall–Kier alpha value is -3.32. The van der Waals surface area contributed by atoms with Gasteiger partial charge in [-0.2, -0.15) is 8.78 Å². The van der Waals surface area contributed by atoms with Crippen molar-refractivity contribution in [1.29, 1.82) is 0 Å². The lowest BCUT2D eigenvalue weighted by Gasteiger charge is -2.34. The van der Waals surface area contributed by atoms with E-state index < -0.39 is 58.4 Å². The molecule has 3 unspecified atom stereocenters. The predicted octanol–water partition coefficient (Wildman–Crippen LogP) is 3.04. The topological polar surface area (TPSA) is 133 Å². The number of ether oxygens (including phenoxy) is 3. The van der Waals surface area contributed by atoms with E-state index in [1.807, 2.05) is 0 Å². The molecule has 3 fully saturated rings. The molecule has 1 aromatic heterocycles. The quantitative estimate of drug-likeness (QED) is 0.497. The number of aromatic carboxylic acids is 1. The molecule has 13 heteroatoms. The summed E-state index contributed by atoms with van der Waals surface area (Å²) in [6, 6.07) is -0.649. The van der Waals surface area contributed by atoms with Crippen molar-refractivity contribution in [2.75, 3.05) is 24.6 Å². The number of fused-ring (bicyclic) bond motifs is 2. The second kappa shape index (κ2) is 9.40. The Labute approximate surface area is 221 Å². The highest BCUT2D eigenvalue weighted by Crippen LogP contribution is 2.49. The highest BCUT2D eigenvalue weighted by atomic mass is 19.3. The minimum atomic E-state index is -3.37. The Morgan fingerprint density at radius 1 is 1.26 bits per heavy atom. The van der Waals surface area contributed by atoms with Crippen molar-refractivity contribution < 1.29 is 42.1 Å². The number of alkyl halides is 2. The zero-order chi connectivity index (χ0) is 28.4. The Morgan fingerprint density at radius 2 is 1.95 bits per heavy atom. The largest absolute Gasteiger partial charge is 0.477 e. The number of esters is 1. The summed E-state index contributed by atoms with van der Waals surface area (Å²) in [6.07, 6.45) is 2.81. The van der Waals surface area contributed by atoms with Crippen molar-refractivity contribution in [2.24, 2.45) is 11.7 Å². The van der Waals surface area contributed by atoms with Crippen LogP contribution in [0.5, 0.6) is 5.75 Å². The van der Waals surface area contributed by atoms with E-state index in [2.05, 4.69) is 0 Å². The van der Waals surface area contributed by atoms with Crippen LogP contribution in [-0.2, 0) is 14.3 Å². The molecular formula is C26H30F3N3O7. The van der Waals surface area contributed by atoms with E-state index in [0.717, 1.165) is 12.3 Å². The number of anilines is 1. The molecule has 2 aliphatic heterocycles. The van der Waals surface area contributed by atoms with E-state index in [9.17, 15) is 28.3 Å². The second-order valence-electron chi connectivity index (χ2n) is 11.3. The predicted molar refractivity (Wildman–Crippen MR) is 133 cm³/mol. The molecule has 0 bridgehead atoms. The van der Waals surface area contributed by atoms with Crippen LogP contribution < -0.4 is 20.8 Å². The van der Waals surface area contributed by atoms with Crippen molar-refractivity contribution in [1.82, 2.24) is 4.57 Å². The van der Waals surface area contributed by atoms with Crippen molar-refractivity contribution in [3.63, 3.8) is 0 Å². The first-order valence-corrected chi connectivity index (χ1v) is 12.7. The van der Waals surface area contributed by atoms with Crippen LogP contribution in [0.4, 0.5) is 18.9 Å². The Kier molecular flexibility index (Phi) is 6.57. The van der Waals surface area contributed by atoms with Gasteiger partial charge in [-0.05, 0) is 46.1 Å². The van der Waals surface area contributed by atoms with Crippen molar-refractivity contribution in [3.05, 3.63) is 33.9 Å². The number of carboxylic acid groups (broad SMARTS) is 1. The van der Waals surface area contributed by atoms with Crippen molar-refractivity contribution >= 4 is 28.5 Å². The van der Waals surface area contributed by atoms with Gasteiger partial charge < -0.3 is 34.5 Å². The maximum absolute atomic E-state index is 15.8. The van der Waals surface area contributed by atoms with Crippen LogP contribution in [-0.4, -0.2) is 65.2 Å². The molecule has 3 heterocycles. The third-order valence-electron chi connectivity index (χ3n) is 7.49. The first kappa shape index (κ1) is 27.3. The van der Waals surface area contributed by atoms with Gasteiger partial charge >= 0.3 is 18.6 Å². The summed E-state index contributed by atoms with van der Waals surface area (Å²) in [5, 5.41) is 9.14. The number of carbonyl (C=O) groups excluding carboxylic acids is 1. The van der Waals surface area contributed by atoms with Gasteiger partial charge in [0, 0.05) is 37.9 Å². The number of aromatic nitrogens is 1. The molecule has 1 aromatic carbocycles. The zero-order valence-corrected chi connectivity index (χ0v) is 21.7. The molecule has 212 valence electrons. The fourth-order valence-electron chi connectivity index (χ4n) is 5.71. The number of carboxylic acids is 1. The average molecular weight is 554 g/mol. The number of rotatable bonds is 7. The number of benzene rings is 1. The number of pyridine rings is 1. The Balaban J connectivity index is 1.65. The van der Waals surface area contributed by atoms with Crippen LogP contribution in [0.1, 0.15) is 56.4 Å². The minimum absolute atomic E-state index is 0.111. The highest BCUT2D eigenvalue weighted by molar-refractivity contribution is 5.97. The standard InChI is InChI=1S/C26H30F3N3O7/c1-25(2,3)39-23(36)21(30)26-11-31(9-12(26)6-7-37-26)18-16(27)8-14-17(20(18)38-24(28)29)32(13-4-5-13)10-15(19(14)33)22(34)35/h8,10,12-13,21,24H,4-7,9,11,30H2,1-3H3,(H,34,35). The van der Waals surface area contributed by atoms with Crippen molar-refractivity contribution in [3.8, 4) is 5.75 Å². The van der Waals surface area contributed by atoms with Crippen molar-refractivity contribution in [2.45, 2.75) is 69.9 Å². The summed E-state index contributed by atoms with van der Waals surface area (Å²) >= 11 is 0. The molecule has 10 nitrogen and oxygen atoms in total. The van der Waals surface area contributed by atoms with Crippen LogP contribution in [0.15, 0.2) is 17.1 Å². The molecule has 2 aromatic rings. The van der Waals surface area contributed by atoms with Gasteiger partial charge in [0.25, 0.3) is 0 Å². The van der Waals surface area contributed by atoms with Crippen LogP contribution in [0.25, 0.3) is 10.9 Å². The van der Waals surface area contributed by atoms with Gasteiger partial charge in [-0.25, -0.2) is 9.18 Å². The first-order valence-electron chi connectivity index (χ1n) is 12.7. The molecule has 1 saturated carbocycles. The summed E-state index contributed by atoms with van der Waals surface area (Å²) in [5.41, 5.74) is 2.20. The van der Waals surface area contributed by atoms with E-state index in [-0.39, 0.29) is 41.6 Å². The van der Waals surface area contributed by atoms with Gasteiger partial charge in [-0.15, -0.1) is 0 Å². The molecule has 0 spiro atoms. The van der Waals surface area contributed by atoms with Gasteiger partial charge in [-0.1, -0.05) is 0 Å². The highest BCUT2D eigenvalue weighted by Gasteiger charge is 2.58. The van der Waals surface area contributed by atoms with Gasteiger partial charge in [0.05, 0.1) is 10.9 Å². The maximum Gasteiger partial charge on any atom is 0.387 e. The number of hydrogen-bond donors (Lipinski definition) is 2. The lowest BCUT2D eigenvalue weighted by atomic mass is 9.84. The first-order chi connectivity index (χ1) is 18.2. The number of nitrogens with two attached hydrogens (primary N) is 1. The lowest BCUT2D eigenvalue weighted by molar-refractivity contribution is -0.164. The molecule has 5 rings (SSSR count). The number of nitrogens with zero attached hydrogens (tertiary/aromatic N) is 2. The van der Waals surface area contributed by atoms with Crippen LogP contribution >= 0.6 is 0 Å². The third kappa shape index (κ3) is 4.71. The number of hydrogen-bond acceptors (Lipinski definition) is 8. The smallest absolute Gasteiger partial charge is 0.387 e. The van der Waals surface area contributed by atoms with Gasteiger partial charge in [0.2, 0.25) is 5.43 Å². The van der Waals surface area contributed by atoms with E-state index in [1.54, 1.807) is 20.8 Å². The van der Waals surface area contributed by atoms with Gasteiger partial charge in [0.15, 0.2) is 11.6 Å². The summed E-state index contributed by atoms with van der Waals surface area (Å²) in [7, 11) is 0. The fourth-order valence-corrected chi connectivity index (χ4v) is 5.71. The van der Waals surface area contributed by atoms with Gasteiger partial charge in [0.1, 0.15) is 28.5 Å². The van der Waals surface area contributed by atoms with E-state index in [1.165, 1.54) is 9.47 Å². The molecule has 0 amide bonds. The molecule has 1 aliphatic carbocycles. The monoisotopic (exact) mass is 553 g/mol. The van der Waals surface area contributed by atoms with Crippen LogP contribution in [0.3, 0.4) is 0 Å². The average Bonchev–Trinajstić information content (AvgIpc) is 3.48. The molecule has 3 aliphatic rings. The number of carbonyl (C=O) groups is 2. The Morgan fingerprint density at radius 3 is 2.54 bits per heavy atom. The fraction of sp³-hybridized carbons (Fsp3) is 0.577. The SMILES string of the molecule is CC(C)(C)OC(=O)C(N)C12CN(c3c(F)cc4c(=O)c(C(=O)O)cn(C5CC5)c4c3OC(F)F)CC1CCO2. The molecular weight excluding hydrogens is 523 g/mol.